The maximum atomic E-state index is 13.7. The minimum atomic E-state index is -1.16. The smallest absolute Gasteiger partial charge is 0.296 e. The molecule has 1 amide bonds. The second kappa shape index (κ2) is 7.35. The number of amides is 1. The fourth-order valence-electron chi connectivity index (χ4n) is 3.82. The number of aliphatic hydroxyl groups excluding tert-OH is 1. The molecular weight excluding hydrogens is 437 g/mol. The summed E-state index contributed by atoms with van der Waals surface area (Å²) in [5.74, 6) is -2.33. The average Bonchev–Trinajstić information content (AvgIpc) is 3.44. The van der Waals surface area contributed by atoms with E-state index >= 15 is 0 Å². The van der Waals surface area contributed by atoms with Crippen LogP contribution in [0.4, 0.5) is 10.3 Å². The van der Waals surface area contributed by atoms with Crippen LogP contribution in [-0.4, -0.2) is 26.8 Å². The van der Waals surface area contributed by atoms with Gasteiger partial charge in [-0.3, -0.25) is 14.5 Å². The summed E-state index contributed by atoms with van der Waals surface area (Å²) in [6.45, 7) is 1.67. The monoisotopic (exact) mass is 451 g/mol. The van der Waals surface area contributed by atoms with Crippen molar-refractivity contribution in [3.8, 4) is 0 Å². The SMILES string of the molecule is Cc1ccc(C(=O)C2=C(O)C(=O)N(c3nc4ccccc4[nH]3)C2c2ccc(F)cc2Cl)o1. The predicted molar refractivity (Wildman–Crippen MR) is 115 cm³/mol. The second-order valence-electron chi connectivity index (χ2n) is 7.32. The molecule has 0 saturated carbocycles. The van der Waals surface area contributed by atoms with Crippen LogP contribution in [-0.2, 0) is 4.79 Å². The van der Waals surface area contributed by atoms with Crippen LogP contribution in [0.3, 0.4) is 0 Å². The molecule has 0 aliphatic carbocycles. The number of rotatable bonds is 4. The molecule has 0 bridgehead atoms. The lowest BCUT2D eigenvalue weighted by Gasteiger charge is -2.25. The average molecular weight is 452 g/mol. The lowest BCUT2D eigenvalue weighted by molar-refractivity contribution is -0.117. The number of ketones is 1. The molecule has 7 nitrogen and oxygen atoms in total. The van der Waals surface area contributed by atoms with Crippen molar-refractivity contribution >= 4 is 40.3 Å². The van der Waals surface area contributed by atoms with Gasteiger partial charge in [0.2, 0.25) is 11.7 Å². The summed E-state index contributed by atoms with van der Waals surface area (Å²) >= 11 is 6.31. The standard InChI is InChI=1S/C23H15ClFN3O4/c1-11-6-9-17(32-11)20(29)18-19(13-8-7-12(25)10-14(13)24)28(22(31)21(18)30)23-26-15-4-2-3-5-16(15)27-23/h2-10,19,30H,1H3,(H,26,27). The Bertz CT molecular complexity index is 1410. The van der Waals surface area contributed by atoms with Crippen molar-refractivity contribution in [2.75, 3.05) is 4.90 Å². The quantitative estimate of drug-likeness (QED) is 0.423. The maximum absolute atomic E-state index is 13.7. The molecule has 0 fully saturated rings. The Kier molecular flexibility index (Phi) is 4.60. The van der Waals surface area contributed by atoms with Gasteiger partial charge in [-0.25, -0.2) is 9.37 Å². The van der Waals surface area contributed by atoms with E-state index in [0.29, 0.717) is 16.8 Å². The van der Waals surface area contributed by atoms with E-state index in [1.165, 1.54) is 12.1 Å². The molecule has 1 unspecified atom stereocenters. The highest BCUT2D eigenvalue weighted by atomic mass is 35.5. The summed E-state index contributed by atoms with van der Waals surface area (Å²) in [5.41, 5.74) is 1.25. The van der Waals surface area contributed by atoms with Crippen LogP contribution in [0.1, 0.15) is 27.9 Å². The lowest BCUT2D eigenvalue weighted by Crippen LogP contribution is -2.32. The number of para-hydroxylation sites is 2. The number of aryl methyl sites for hydroxylation is 1. The molecule has 1 atom stereocenters. The first-order chi connectivity index (χ1) is 15.3. The van der Waals surface area contributed by atoms with E-state index in [2.05, 4.69) is 9.97 Å². The summed E-state index contributed by atoms with van der Waals surface area (Å²) < 4.78 is 19.2. The van der Waals surface area contributed by atoms with Crippen molar-refractivity contribution in [1.82, 2.24) is 9.97 Å². The Morgan fingerprint density at radius 1 is 1.22 bits per heavy atom. The van der Waals surface area contributed by atoms with E-state index in [-0.39, 0.29) is 27.9 Å². The fraction of sp³-hybridized carbons (Fsp3) is 0.0870. The number of H-pyrrole nitrogens is 1. The highest BCUT2D eigenvalue weighted by Crippen LogP contribution is 2.43. The van der Waals surface area contributed by atoms with E-state index in [0.717, 1.165) is 17.0 Å². The Morgan fingerprint density at radius 2 is 2.00 bits per heavy atom. The van der Waals surface area contributed by atoms with Crippen LogP contribution in [0.25, 0.3) is 11.0 Å². The number of aromatic amines is 1. The van der Waals surface area contributed by atoms with Gasteiger partial charge in [-0.1, -0.05) is 29.8 Å². The summed E-state index contributed by atoms with van der Waals surface area (Å²) in [7, 11) is 0. The van der Waals surface area contributed by atoms with E-state index < -0.39 is 29.3 Å². The van der Waals surface area contributed by atoms with Gasteiger partial charge in [0.15, 0.2) is 11.5 Å². The molecule has 4 aromatic rings. The lowest BCUT2D eigenvalue weighted by atomic mass is 9.95. The van der Waals surface area contributed by atoms with Crippen LogP contribution in [0, 0.1) is 12.7 Å². The summed E-state index contributed by atoms with van der Waals surface area (Å²) in [6.07, 6.45) is 0. The molecule has 32 heavy (non-hydrogen) atoms. The Labute approximate surface area is 185 Å². The van der Waals surface area contributed by atoms with Crippen LogP contribution < -0.4 is 4.90 Å². The summed E-state index contributed by atoms with van der Waals surface area (Å²) in [4.78, 5) is 35.0. The minimum absolute atomic E-state index is 0.0143. The number of hydrogen-bond donors (Lipinski definition) is 2. The number of halogens is 2. The van der Waals surface area contributed by atoms with Crippen molar-refractivity contribution in [3.05, 3.63) is 93.9 Å². The van der Waals surface area contributed by atoms with Crippen molar-refractivity contribution in [2.24, 2.45) is 0 Å². The normalized spacial score (nSPS) is 16.4. The number of fused-ring (bicyclic) bond motifs is 1. The number of carbonyl (C=O) groups excluding carboxylic acids is 2. The number of nitrogens with zero attached hydrogens (tertiary/aromatic N) is 2. The first-order valence-electron chi connectivity index (χ1n) is 9.62. The number of imidazole rings is 1. The van der Waals surface area contributed by atoms with Crippen molar-refractivity contribution in [1.29, 1.82) is 0 Å². The number of nitrogens with one attached hydrogen (secondary N) is 1. The third-order valence-corrected chi connectivity index (χ3v) is 5.61. The largest absolute Gasteiger partial charge is 0.503 e. The number of aliphatic hydroxyl groups is 1. The molecule has 2 aromatic carbocycles. The fourth-order valence-corrected chi connectivity index (χ4v) is 4.09. The van der Waals surface area contributed by atoms with E-state index in [9.17, 15) is 19.1 Å². The van der Waals surface area contributed by atoms with Crippen molar-refractivity contribution in [3.63, 3.8) is 0 Å². The van der Waals surface area contributed by atoms with Gasteiger partial charge in [-0.2, -0.15) is 0 Å². The molecule has 0 saturated heterocycles. The molecule has 2 N–H and O–H groups in total. The van der Waals surface area contributed by atoms with E-state index in [4.69, 9.17) is 16.0 Å². The predicted octanol–water partition coefficient (Wildman–Crippen LogP) is 5.04. The number of hydrogen-bond acceptors (Lipinski definition) is 5. The zero-order valence-electron chi connectivity index (χ0n) is 16.6. The third kappa shape index (κ3) is 3.07. The van der Waals surface area contributed by atoms with Gasteiger partial charge >= 0.3 is 0 Å². The number of carbonyl (C=O) groups is 2. The van der Waals surface area contributed by atoms with Gasteiger partial charge in [0.05, 0.1) is 22.6 Å². The number of Topliss-reactive ketones (excluding diaryl/α,β-unsaturated/α-hetero) is 1. The Hall–Kier alpha value is -3.91. The highest BCUT2D eigenvalue weighted by molar-refractivity contribution is 6.32. The van der Waals surface area contributed by atoms with Gasteiger partial charge in [0.25, 0.3) is 5.91 Å². The molecule has 0 radical (unpaired) electrons. The van der Waals surface area contributed by atoms with Crippen LogP contribution in [0.2, 0.25) is 5.02 Å². The van der Waals surface area contributed by atoms with Crippen molar-refractivity contribution < 1.29 is 23.5 Å². The van der Waals surface area contributed by atoms with E-state index in [1.807, 2.05) is 0 Å². The van der Waals surface area contributed by atoms with Gasteiger partial charge in [-0.15, -0.1) is 0 Å². The van der Waals surface area contributed by atoms with Gasteiger partial charge in [-0.05, 0) is 48.9 Å². The zero-order valence-corrected chi connectivity index (χ0v) is 17.4. The second-order valence-corrected chi connectivity index (χ2v) is 7.73. The van der Waals surface area contributed by atoms with Crippen LogP contribution >= 0.6 is 11.6 Å². The molecule has 1 aliphatic heterocycles. The molecule has 1 aliphatic rings. The molecular formula is C23H15ClFN3O4. The first-order valence-corrected chi connectivity index (χ1v) is 10.0. The zero-order chi connectivity index (χ0) is 22.6. The van der Waals surface area contributed by atoms with Gasteiger partial charge in [0.1, 0.15) is 11.6 Å². The number of aromatic nitrogens is 2. The first kappa shape index (κ1) is 20.0. The maximum Gasteiger partial charge on any atom is 0.296 e. The number of furan rings is 1. The van der Waals surface area contributed by atoms with Gasteiger partial charge < -0.3 is 14.5 Å². The highest BCUT2D eigenvalue weighted by Gasteiger charge is 2.47. The summed E-state index contributed by atoms with van der Waals surface area (Å²) in [6, 6.07) is 12.6. The molecule has 9 heteroatoms. The minimum Gasteiger partial charge on any atom is -0.503 e. The van der Waals surface area contributed by atoms with Crippen molar-refractivity contribution in [2.45, 2.75) is 13.0 Å². The van der Waals surface area contributed by atoms with E-state index in [1.54, 1.807) is 37.3 Å². The molecule has 3 heterocycles. The molecule has 160 valence electrons. The molecule has 2 aromatic heterocycles. The van der Waals surface area contributed by atoms with Crippen LogP contribution in [0.5, 0.6) is 0 Å². The molecule has 0 spiro atoms. The number of benzene rings is 2. The topological polar surface area (TPSA) is 99.4 Å². The van der Waals surface area contributed by atoms with Crippen LogP contribution in [0.15, 0.2) is 70.3 Å². The third-order valence-electron chi connectivity index (χ3n) is 5.28. The number of anilines is 1. The Balaban J connectivity index is 1.71. The van der Waals surface area contributed by atoms with Gasteiger partial charge in [0, 0.05) is 5.02 Å². The molecule has 5 rings (SSSR count). The summed E-state index contributed by atoms with van der Waals surface area (Å²) in [5, 5.41) is 10.7. The Morgan fingerprint density at radius 3 is 2.69 bits per heavy atom.